The zero-order valence-electron chi connectivity index (χ0n) is 10.5. The summed E-state index contributed by atoms with van der Waals surface area (Å²) >= 11 is 0. The summed E-state index contributed by atoms with van der Waals surface area (Å²) in [4.78, 5) is 2.52. The first kappa shape index (κ1) is 12.9. The van der Waals surface area contributed by atoms with E-state index in [1.807, 2.05) is 0 Å². The van der Waals surface area contributed by atoms with Gasteiger partial charge in [-0.05, 0) is 26.8 Å². The lowest BCUT2D eigenvalue weighted by Gasteiger charge is -2.42. The normalized spacial score (nSPS) is 21.8. The van der Waals surface area contributed by atoms with Gasteiger partial charge in [-0.3, -0.25) is 4.90 Å². The molecule has 90 valence electrons. The third-order valence-electron chi connectivity index (χ3n) is 3.08. The van der Waals surface area contributed by atoms with Gasteiger partial charge in [0.05, 0.1) is 13.2 Å². The SMILES string of the molecule is CCCCNCCN1CCOCC1(C)C. The van der Waals surface area contributed by atoms with Crippen molar-refractivity contribution in [3.63, 3.8) is 0 Å². The molecule has 1 N–H and O–H groups in total. The Kier molecular flexibility index (Phi) is 5.58. The van der Waals surface area contributed by atoms with Crippen molar-refractivity contribution in [3.05, 3.63) is 0 Å². The fraction of sp³-hybridized carbons (Fsp3) is 1.00. The van der Waals surface area contributed by atoms with Crippen LogP contribution in [0.4, 0.5) is 0 Å². The molecule has 0 spiro atoms. The van der Waals surface area contributed by atoms with Crippen molar-refractivity contribution in [2.24, 2.45) is 0 Å². The van der Waals surface area contributed by atoms with Gasteiger partial charge in [0.2, 0.25) is 0 Å². The molecule has 1 aliphatic heterocycles. The monoisotopic (exact) mass is 214 g/mol. The highest BCUT2D eigenvalue weighted by molar-refractivity contribution is 4.84. The van der Waals surface area contributed by atoms with Crippen molar-refractivity contribution in [3.8, 4) is 0 Å². The summed E-state index contributed by atoms with van der Waals surface area (Å²) in [5, 5.41) is 3.49. The molecule has 15 heavy (non-hydrogen) atoms. The molecule has 0 amide bonds. The van der Waals surface area contributed by atoms with Crippen LogP contribution in [-0.2, 0) is 4.74 Å². The quantitative estimate of drug-likeness (QED) is 0.678. The maximum absolute atomic E-state index is 5.50. The van der Waals surface area contributed by atoms with Crippen LogP contribution in [0.5, 0.6) is 0 Å². The molecule has 1 rings (SSSR count). The number of morpholine rings is 1. The summed E-state index contributed by atoms with van der Waals surface area (Å²) in [6.07, 6.45) is 2.56. The summed E-state index contributed by atoms with van der Waals surface area (Å²) in [6.45, 7) is 13.0. The fourth-order valence-corrected chi connectivity index (χ4v) is 1.95. The number of hydrogen-bond acceptors (Lipinski definition) is 3. The van der Waals surface area contributed by atoms with Crippen LogP contribution in [0.2, 0.25) is 0 Å². The summed E-state index contributed by atoms with van der Waals surface area (Å²) in [6, 6.07) is 0. The van der Waals surface area contributed by atoms with Gasteiger partial charge in [-0.1, -0.05) is 13.3 Å². The maximum atomic E-state index is 5.50. The highest BCUT2D eigenvalue weighted by atomic mass is 16.5. The van der Waals surface area contributed by atoms with Crippen LogP contribution in [0.25, 0.3) is 0 Å². The van der Waals surface area contributed by atoms with E-state index in [9.17, 15) is 0 Å². The third-order valence-corrected chi connectivity index (χ3v) is 3.08. The van der Waals surface area contributed by atoms with Crippen molar-refractivity contribution >= 4 is 0 Å². The van der Waals surface area contributed by atoms with Gasteiger partial charge in [0.25, 0.3) is 0 Å². The van der Waals surface area contributed by atoms with E-state index in [0.29, 0.717) is 0 Å². The molecule has 1 saturated heterocycles. The molecule has 0 aromatic carbocycles. The minimum Gasteiger partial charge on any atom is -0.378 e. The number of unbranched alkanes of at least 4 members (excludes halogenated alkanes) is 1. The summed E-state index contributed by atoms with van der Waals surface area (Å²) in [5.41, 5.74) is 0.213. The number of ether oxygens (including phenoxy) is 1. The van der Waals surface area contributed by atoms with Gasteiger partial charge in [0, 0.05) is 25.2 Å². The molecule has 3 nitrogen and oxygen atoms in total. The minimum atomic E-state index is 0.213. The van der Waals surface area contributed by atoms with Crippen molar-refractivity contribution < 1.29 is 4.74 Å². The van der Waals surface area contributed by atoms with Crippen LogP contribution in [0.3, 0.4) is 0 Å². The van der Waals surface area contributed by atoms with Crippen LogP contribution in [0, 0.1) is 0 Å². The van der Waals surface area contributed by atoms with Gasteiger partial charge in [0.1, 0.15) is 0 Å². The van der Waals surface area contributed by atoms with Gasteiger partial charge < -0.3 is 10.1 Å². The van der Waals surface area contributed by atoms with E-state index in [1.165, 1.54) is 12.8 Å². The lowest BCUT2D eigenvalue weighted by atomic mass is 10.0. The van der Waals surface area contributed by atoms with Crippen LogP contribution in [-0.4, -0.2) is 49.8 Å². The molecule has 0 atom stereocenters. The number of rotatable bonds is 6. The predicted molar refractivity (Wildman–Crippen MR) is 64.2 cm³/mol. The standard InChI is InChI=1S/C12H26N2O/c1-4-5-6-13-7-8-14-9-10-15-11-12(14,2)3/h13H,4-11H2,1-3H3. The molecule has 1 aliphatic rings. The lowest BCUT2D eigenvalue weighted by molar-refractivity contribution is -0.0500. The number of nitrogens with zero attached hydrogens (tertiary/aromatic N) is 1. The van der Waals surface area contributed by atoms with Gasteiger partial charge in [-0.25, -0.2) is 0 Å². The Hall–Kier alpha value is -0.120. The Bertz CT molecular complexity index is 171. The molecule has 3 heteroatoms. The van der Waals surface area contributed by atoms with E-state index >= 15 is 0 Å². The van der Waals surface area contributed by atoms with Crippen LogP contribution < -0.4 is 5.32 Å². The topological polar surface area (TPSA) is 24.5 Å². The van der Waals surface area contributed by atoms with Crippen LogP contribution >= 0.6 is 0 Å². The Labute approximate surface area is 94.2 Å². The van der Waals surface area contributed by atoms with Crippen LogP contribution in [0.1, 0.15) is 33.6 Å². The van der Waals surface area contributed by atoms with Gasteiger partial charge >= 0.3 is 0 Å². The molecule has 0 aromatic rings. The first-order valence-corrected chi connectivity index (χ1v) is 6.20. The van der Waals surface area contributed by atoms with E-state index in [4.69, 9.17) is 4.74 Å². The van der Waals surface area contributed by atoms with E-state index in [1.54, 1.807) is 0 Å². The molecule has 0 bridgehead atoms. The van der Waals surface area contributed by atoms with Crippen molar-refractivity contribution in [1.29, 1.82) is 0 Å². The largest absolute Gasteiger partial charge is 0.378 e. The highest BCUT2D eigenvalue weighted by Crippen LogP contribution is 2.17. The second-order valence-corrected chi connectivity index (χ2v) is 4.96. The van der Waals surface area contributed by atoms with Crippen molar-refractivity contribution in [2.45, 2.75) is 39.2 Å². The van der Waals surface area contributed by atoms with Crippen molar-refractivity contribution in [1.82, 2.24) is 10.2 Å². The molecule has 0 aliphatic carbocycles. The first-order chi connectivity index (χ1) is 7.17. The van der Waals surface area contributed by atoms with E-state index in [2.05, 4.69) is 31.0 Å². The maximum Gasteiger partial charge on any atom is 0.0645 e. The van der Waals surface area contributed by atoms with Gasteiger partial charge in [0.15, 0.2) is 0 Å². The molecular weight excluding hydrogens is 188 g/mol. The zero-order valence-corrected chi connectivity index (χ0v) is 10.5. The predicted octanol–water partition coefficient (Wildman–Crippen LogP) is 1.49. The fourth-order valence-electron chi connectivity index (χ4n) is 1.95. The van der Waals surface area contributed by atoms with E-state index in [-0.39, 0.29) is 5.54 Å². The average Bonchev–Trinajstić information content (AvgIpc) is 2.19. The molecule has 1 heterocycles. The zero-order chi connectivity index (χ0) is 11.1. The molecular formula is C12H26N2O. The number of nitrogens with one attached hydrogen (secondary N) is 1. The second kappa shape index (κ2) is 6.46. The molecule has 0 radical (unpaired) electrons. The Balaban J connectivity index is 2.13. The molecule has 0 saturated carbocycles. The Morgan fingerprint density at radius 2 is 2.13 bits per heavy atom. The summed E-state index contributed by atoms with van der Waals surface area (Å²) < 4.78 is 5.50. The minimum absolute atomic E-state index is 0.213. The first-order valence-electron chi connectivity index (χ1n) is 6.20. The lowest BCUT2D eigenvalue weighted by Crippen LogP contribution is -2.54. The third kappa shape index (κ3) is 4.49. The summed E-state index contributed by atoms with van der Waals surface area (Å²) in [5.74, 6) is 0. The molecule has 0 aromatic heterocycles. The smallest absolute Gasteiger partial charge is 0.0645 e. The van der Waals surface area contributed by atoms with E-state index < -0.39 is 0 Å². The highest BCUT2D eigenvalue weighted by Gasteiger charge is 2.29. The summed E-state index contributed by atoms with van der Waals surface area (Å²) in [7, 11) is 0. The Morgan fingerprint density at radius 1 is 1.33 bits per heavy atom. The Morgan fingerprint density at radius 3 is 2.80 bits per heavy atom. The van der Waals surface area contributed by atoms with Gasteiger partial charge in [-0.15, -0.1) is 0 Å². The van der Waals surface area contributed by atoms with E-state index in [0.717, 1.165) is 39.4 Å². The average molecular weight is 214 g/mol. The molecule has 1 fully saturated rings. The second-order valence-electron chi connectivity index (χ2n) is 4.96. The molecule has 0 unspecified atom stereocenters. The number of hydrogen-bond donors (Lipinski definition) is 1. The van der Waals surface area contributed by atoms with Gasteiger partial charge in [-0.2, -0.15) is 0 Å². The van der Waals surface area contributed by atoms with Crippen LogP contribution in [0.15, 0.2) is 0 Å². The van der Waals surface area contributed by atoms with Crippen molar-refractivity contribution in [2.75, 3.05) is 39.4 Å².